The van der Waals surface area contributed by atoms with E-state index in [9.17, 15) is 52.7 Å². The van der Waals surface area contributed by atoms with Crippen molar-refractivity contribution in [1.29, 1.82) is 0 Å². The van der Waals surface area contributed by atoms with Crippen LogP contribution in [0.4, 0.5) is 15.3 Å². The van der Waals surface area contributed by atoms with Gasteiger partial charge in [-0.1, -0.05) is 111 Å². The van der Waals surface area contributed by atoms with Gasteiger partial charge < -0.3 is 72.3 Å². The Morgan fingerprint density at radius 2 is 1.31 bits per heavy atom. The van der Waals surface area contributed by atoms with E-state index in [2.05, 4.69) is 47.5 Å². The summed E-state index contributed by atoms with van der Waals surface area (Å²) in [5.74, 6) is -6.14. The van der Waals surface area contributed by atoms with Crippen LogP contribution >= 0.6 is 11.3 Å². The molecule has 0 spiro atoms. The molecule has 3 aromatic rings. The summed E-state index contributed by atoms with van der Waals surface area (Å²) < 4.78 is 17.9. The molecule has 1 aliphatic rings. The first-order valence-corrected chi connectivity index (χ1v) is 34.9. The molecule has 1 aromatic heterocycles. The fraction of sp³-hybridized carbons (Fsp3) is 0.629. The first-order valence-electron chi connectivity index (χ1n) is 34.0. The number of hydrogen-bond acceptors (Lipinski definition) is 16. The summed E-state index contributed by atoms with van der Waals surface area (Å²) in [6, 6.07) is 8.62. The second-order valence-electron chi connectivity index (χ2n) is 26.4. The summed E-state index contributed by atoms with van der Waals surface area (Å²) in [6.45, 7) is 19.7. The van der Waals surface area contributed by atoms with E-state index in [1.807, 2.05) is 56.5 Å². The number of ether oxygens (including phenoxy) is 3. The molecule has 27 nitrogen and oxygen atoms in total. The monoisotopic (exact) mass is 1390 g/mol. The number of amides is 12. The summed E-state index contributed by atoms with van der Waals surface area (Å²) >= 11 is 1.47. The predicted molar refractivity (Wildman–Crippen MR) is 373 cm³/mol. The van der Waals surface area contributed by atoms with Gasteiger partial charge >= 0.3 is 12.1 Å². The Bertz CT molecular complexity index is 3070. The maximum atomic E-state index is 14.9. The van der Waals surface area contributed by atoms with Crippen molar-refractivity contribution < 1.29 is 67.0 Å². The molecule has 0 bridgehead atoms. The summed E-state index contributed by atoms with van der Waals surface area (Å²) in [5, 5.41) is 24.9. The van der Waals surface area contributed by atoms with Crippen LogP contribution in [-0.4, -0.2) is 187 Å². The average Bonchev–Trinajstić information content (AvgIpc) is 1.51. The van der Waals surface area contributed by atoms with Gasteiger partial charge in [-0.3, -0.25) is 48.1 Å². The second kappa shape index (κ2) is 41.2. The van der Waals surface area contributed by atoms with Crippen LogP contribution in [0.2, 0.25) is 0 Å². The molecular weight excluding hydrogens is 1280 g/mol. The van der Waals surface area contributed by atoms with Crippen molar-refractivity contribution in [3.63, 3.8) is 0 Å². The van der Waals surface area contributed by atoms with Crippen molar-refractivity contribution >= 4 is 82.3 Å². The Morgan fingerprint density at radius 3 is 1.88 bits per heavy atom. The lowest BCUT2D eigenvalue weighted by Gasteiger charge is -2.41. The quantitative estimate of drug-likeness (QED) is 0.0307. The van der Waals surface area contributed by atoms with E-state index in [4.69, 9.17) is 19.9 Å². The Kier molecular flexibility index (Phi) is 34.6. The molecule has 1 saturated heterocycles. The number of nitrogens with one attached hydrogen (secondary N) is 8. The van der Waals surface area contributed by atoms with Gasteiger partial charge in [-0.05, 0) is 98.3 Å². The van der Waals surface area contributed by atoms with E-state index in [-0.39, 0.29) is 68.5 Å². The van der Waals surface area contributed by atoms with E-state index in [1.165, 1.54) is 44.2 Å². The lowest BCUT2D eigenvalue weighted by atomic mass is 9.89. The predicted octanol–water partition coefficient (Wildman–Crippen LogP) is 5.72. The van der Waals surface area contributed by atoms with Gasteiger partial charge in [0, 0.05) is 79.1 Å². The van der Waals surface area contributed by atoms with Gasteiger partial charge in [0.15, 0.2) is 0 Å². The van der Waals surface area contributed by atoms with Crippen molar-refractivity contribution in [2.75, 3.05) is 53.3 Å². The highest BCUT2D eigenvalue weighted by molar-refractivity contribution is 7.09. The van der Waals surface area contributed by atoms with Crippen LogP contribution in [0.3, 0.4) is 0 Å². The molecule has 28 heteroatoms. The lowest BCUT2D eigenvalue weighted by Crippen LogP contribution is -2.60. The molecule has 1 aliphatic heterocycles. The highest BCUT2D eigenvalue weighted by Gasteiger charge is 2.44. The molecule has 10 N–H and O–H groups in total. The fourth-order valence-corrected chi connectivity index (χ4v) is 13.0. The number of carbonyl (C=O) groups is 11. The topological polar surface area (TPSA) is 360 Å². The highest BCUT2D eigenvalue weighted by Crippen LogP contribution is 2.31. The van der Waals surface area contributed by atoms with Gasteiger partial charge in [0.1, 0.15) is 41.8 Å². The second-order valence-corrected chi connectivity index (χ2v) is 27.4. The Balaban J connectivity index is 1.41. The number of carbonyl (C=O) groups excluding carboxylic acids is 11. The lowest BCUT2D eigenvalue weighted by molar-refractivity contribution is -0.148. The zero-order chi connectivity index (χ0) is 72.9. The molecule has 0 aliphatic carbocycles. The van der Waals surface area contributed by atoms with Crippen LogP contribution in [0.25, 0.3) is 0 Å². The molecule has 98 heavy (non-hydrogen) atoms. The van der Waals surface area contributed by atoms with Gasteiger partial charge in [0.25, 0.3) is 0 Å². The van der Waals surface area contributed by atoms with Crippen LogP contribution in [0.5, 0.6) is 0 Å². The molecule has 4 rings (SSSR count). The molecular formula is C70H109N13O14S. The number of likely N-dealkylation sites (tertiary alicyclic amines) is 1. The van der Waals surface area contributed by atoms with Crippen molar-refractivity contribution in [3.8, 4) is 0 Å². The number of likely N-dealkylation sites (N-methyl/N-ethyl adjacent to an activating group) is 2. The van der Waals surface area contributed by atoms with Gasteiger partial charge in [-0.2, -0.15) is 0 Å². The SMILES string of the molecule is CC[C@H](C)[C@@H]([C@@H](CC(=O)N1CCC[C@H]1C(OC)[C@@H](C)C(=O)N[C@@H](Cc1ccccc1)c1nccs1)OC)N(C)C(=O)[C@@H](NC(=O)[C@H](C(C)C)N(C)C(=O)OCc1ccc(NC(=O)C(CCCNC(N)=O)NC(=O)[C@@H](NC(=O)C(CCCCNC(C)=O)NC(C)=O)C(C)C)cc1)C(C)C. The van der Waals surface area contributed by atoms with E-state index >= 15 is 0 Å². The van der Waals surface area contributed by atoms with Gasteiger partial charge in [0.05, 0.1) is 42.7 Å². The molecule has 3 unspecified atom stereocenters. The first kappa shape index (κ1) is 82.2. The molecule has 12 amide bonds. The average molecular weight is 1390 g/mol. The van der Waals surface area contributed by atoms with Crippen molar-refractivity contribution in [2.24, 2.45) is 35.3 Å². The summed E-state index contributed by atoms with van der Waals surface area (Å²) in [6.07, 6.45) is 3.41. The number of anilines is 1. The van der Waals surface area contributed by atoms with Crippen LogP contribution in [0.15, 0.2) is 66.2 Å². The van der Waals surface area contributed by atoms with Gasteiger partial charge in [0.2, 0.25) is 53.2 Å². The molecule has 2 aromatic carbocycles. The first-order chi connectivity index (χ1) is 46.4. The van der Waals surface area contributed by atoms with Crippen LogP contribution in [0.1, 0.15) is 156 Å². The standard InChI is InChI=1S/C70H109N13O14S/c1-16-44(8)60(55(95-14)39-56(86)83-36-23-28-54(83)61(96-15)45(9)62(87)78-53(67-73-35-37-98-67)38-48-24-18-17-19-25-48)81(12)68(92)58(42(4)5)80-66(91)59(43(6)7)82(13)70(94)97-40-49-29-31-50(32-30-49)76-63(88)52(27-22-34-74-69(71)93)77-65(90)57(41(2)3)79-64(89)51(75-47(11)85)26-20-21-33-72-46(10)84/h17-19,24-25,29-32,35,37,41-45,51-55,57-61H,16,20-23,26-28,33-34,36,38-40H2,1-15H3,(H,72,84)(H,75,85)(H,76,88)(H,77,90)(H,78,87)(H,79,89)(H,80,91)(H3,71,74,93)/t44-,45+,51?,52?,53-,54-,55+,57-,58-,59-,60-,61?/m0/s1. The fourth-order valence-electron chi connectivity index (χ4n) is 12.3. The number of aromatic nitrogens is 1. The maximum Gasteiger partial charge on any atom is 0.410 e. The number of methoxy groups -OCH3 is 2. The third kappa shape index (κ3) is 25.6. The van der Waals surface area contributed by atoms with E-state index in [0.29, 0.717) is 62.9 Å². The minimum absolute atomic E-state index is 0.0496. The zero-order valence-electron chi connectivity index (χ0n) is 59.9. The highest BCUT2D eigenvalue weighted by atomic mass is 32.1. The number of benzene rings is 2. The maximum absolute atomic E-state index is 14.9. The molecule has 0 saturated carbocycles. The molecule has 2 heterocycles. The number of rotatable bonds is 40. The minimum Gasteiger partial charge on any atom is -0.445 e. The largest absolute Gasteiger partial charge is 0.445 e. The number of thiazole rings is 1. The number of urea groups is 1. The number of unbranched alkanes of at least 4 members (excludes halogenated alkanes) is 1. The number of primary amides is 1. The van der Waals surface area contributed by atoms with E-state index in [1.54, 1.807) is 96.0 Å². The third-order valence-electron chi connectivity index (χ3n) is 17.9. The van der Waals surface area contributed by atoms with E-state index < -0.39 is 126 Å². The minimum atomic E-state index is -1.16. The third-order valence-corrected chi connectivity index (χ3v) is 18.8. The number of nitrogens with zero attached hydrogens (tertiary/aromatic N) is 4. The molecule has 0 radical (unpaired) electrons. The van der Waals surface area contributed by atoms with Crippen LogP contribution in [-0.2, 0) is 70.4 Å². The Labute approximate surface area is 582 Å². The summed E-state index contributed by atoms with van der Waals surface area (Å²) in [5.41, 5.74) is 7.14. The van der Waals surface area contributed by atoms with Gasteiger partial charge in [-0.25, -0.2) is 14.6 Å². The van der Waals surface area contributed by atoms with Crippen molar-refractivity contribution in [1.82, 2.24) is 56.9 Å². The Hall–Kier alpha value is -8.24. The molecule has 12 atom stereocenters. The molecule has 544 valence electrons. The smallest absolute Gasteiger partial charge is 0.410 e. The number of hydrogen-bond donors (Lipinski definition) is 9. The summed E-state index contributed by atoms with van der Waals surface area (Å²) in [7, 11) is 6.15. The summed E-state index contributed by atoms with van der Waals surface area (Å²) in [4.78, 5) is 157. The number of nitrogens with two attached hydrogens (primary N) is 1. The van der Waals surface area contributed by atoms with Crippen LogP contribution in [0, 0.1) is 29.6 Å². The van der Waals surface area contributed by atoms with Crippen LogP contribution < -0.4 is 48.3 Å². The van der Waals surface area contributed by atoms with Crippen molar-refractivity contribution in [3.05, 3.63) is 82.3 Å². The molecule has 1 fully saturated rings. The zero-order valence-corrected chi connectivity index (χ0v) is 60.7. The normalized spacial score (nSPS) is 16.3. The van der Waals surface area contributed by atoms with Gasteiger partial charge in [-0.15, -0.1) is 11.3 Å². The van der Waals surface area contributed by atoms with Crippen molar-refractivity contribution in [2.45, 2.75) is 208 Å². The van der Waals surface area contributed by atoms with E-state index in [0.717, 1.165) is 10.6 Å². The Morgan fingerprint density at radius 1 is 0.673 bits per heavy atom.